The Labute approximate surface area is 138 Å². The molecule has 1 unspecified atom stereocenters. The third kappa shape index (κ3) is 3.89. The van der Waals surface area contributed by atoms with E-state index in [9.17, 15) is 4.79 Å². The first-order valence-electron chi connectivity index (χ1n) is 8.30. The van der Waals surface area contributed by atoms with E-state index in [0.29, 0.717) is 5.78 Å². The quantitative estimate of drug-likeness (QED) is 0.771. The summed E-state index contributed by atoms with van der Waals surface area (Å²) in [5.41, 5.74) is 3.27. The summed E-state index contributed by atoms with van der Waals surface area (Å²) in [4.78, 5) is 15.0. The molecular weight excluding hydrogens is 282 g/mol. The van der Waals surface area contributed by atoms with Gasteiger partial charge in [0.2, 0.25) is 0 Å². The first-order valence-corrected chi connectivity index (χ1v) is 8.30. The maximum Gasteiger partial charge on any atom is 0.163 e. The highest BCUT2D eigenvalue weighted by molar-refractivity contribution is 6.02. The van der Waals surface area contributed by atoms with Crippen LogP contribution in [-0.4, -0.2) is 19.4 Å². The van der Waals surface area contributed by atoms with E-state index in [1.54, 1.807) is 0 Å². The maximum atomic E-state index is 12.8. The average Bonchev–Trinajstić information content (AvgIpc) is 2.60. The summed E-state index contributed by atoms with van der Waals surface area (Å²) in [5.74, 6) is 0.423. The molecule has 0 aliphatic heterocycles. The van der Waals surface area contributed by atoms with Crippen LogP contribution in [0.2, 0.25) is 0 Å². The molecular formula is C21H23NO. The summed E-state index contributed by atoms with van der Waals surface area (Å²) >= 11 is 0. The van der Waals surface area contributed by atoms with Gasteiger partial charge in [0.15, 0.2) is 5.78 Å². The molecule has 1 saturated carbocycles. The van der Waals surface area contributed by atoms with Gasteiger partial charge in [0.1, 0.15) is 0 Å². The molecule has 0 amide bonds. The Hall–Kier alpha value is -2.35. The lowest BCUT2D eigenvalue weighted by Crippen LogP contribution is -2.33. The number of anilines is 1. The molecule has 2 aromatic carbocycles. The van der Waals surface area contributed by atoms with Crippen LogP contribution in [0.5, 0.6) is 0 Å². The number of ketones is 1. The van der Waals surface area contributed by atoms with E-state index in [0.717, 1.165) is 36.9 Å². The van der Waals surface area contributed by atoms with Crippen LogP contribution >= 0.6 is 0 Å². The van der Waals surface area contributed by atoms with Gasteiger partial charge in [-0.15, -0.1) is 0 Å². The number of hydrogen-bond donors (Lipinski definition) is 0. The zero-order valence-electron chi connectivity index (χ0n) is 13.6. The summed E-state index contributed by atoms with van der Waals surface area (Å²) in [7, 11) is 2.07. The second kappa shape index (κ2) is 7.28. The summed E-state index contributed by atoms with van der Waals surface area (Å²) in [6, 6.07) is 20.4. The molecule has 1 atom stereocenters. The number of para-hydroxylation sites is 1. The van der Waals surface area contributed by atoms with E-state index in [2.05, 4.69) is 42.3 Å². The van der Waals surface area contributed by atoms with Gasteiger partial charge < -0.3 is 4.90 Å². The van der Waals surface area contributed by atoms with Gasteiger partial charge in [0.05, 0.1) is 0 Å². The van der Waals surface area contributed by atoms with E-state index in [1.165, 1.54) is 5.69 Å². The van der Waals surface area contributed by atoms with Gasteiger partial charge in [-0.2, -0.15) is 0 Å². The summed E-state index contributed by atoms with van der Waals surface area (Å²) in [6.45, 7) is 0.787. The molecule has 2 aromatic rings. The first kappa shape index (κ1) is 15.5. The maximum absolute atomic E-state index is 12.8. The third-order valence-corrected chi connectivity index (χ3v) is 4.52. The standard InChI is InChI=1S/C21H23NO/c1-22(20-13-6-3-7-14-20)16-19-12-8-11-18(21(19)23)15-17-9-4-2-5-10-17/h2-7,9-10,13-15,19H,8,11-12,16H2,1H3/b18-15+. The van der Waals surface area contributed by atoms with Crippen LogP contribution in [0.25, 0.3) is 6.08 Å². The number of carbonyl (C=O) groups is 1. The number of carbonyl (C=O) groups excluding carboxylic acids is 1. The molecule has 118 valence electrons. The Morgan fingerprint density at radius 1 is 1.04 bits per heavy atom. The van der Waals surface area contributed by atoms with Crippen molar-refractivity contribution in [2.24, 2.45) is 5.92 Å². The van der Waals surface area contributed by atoms with Crippen LogP contribution in [0.3, 0.4) is 0 Å². The Kier molecular flexibility index (Phi) is 4.92. The zero-order chi connectivity index (χ0) is 16.1. The largest absolute Gasteiger partial charge is 0.374 e. The van der Waals surface area contributed by atoms with Crippen LogP contribution in [0.15, 0.2) is 66.2 Å². The van der Waals surface area contributed by atoms with Gasteiger partial charge >= 0.3 is 0 Å². The van der Waals surface area contributed by atoms with E-state index in [4.69, 9.17) is 0 Å². The fraction of sp³-hybridized carbons (Fsp3) is 0.286. The summed E-state index contributed by atoms with van der Waals surface area (Å²) < 4.78 is 0. The smallest absolute Gasteiger partial charge is 0.163 e. The van der Waals surface area contributed by atoms with E-state index in [-0.39, 0.29) is 5.92 Å². The molecule has 0 heterocycles. The van der Waals surface area contributed by atoms with Gasteiger partial charge in [-0.05, 0) is 48.6 Å². The van der Waals surface area contributed by atoms with Crippen molar-refractivity contribution in [1.82, 2.24) is 0 Å². The molecule has 23 heavy (non-hydrogen) atoms. The van der Waals surface area contributed by atoms with Crippen molar-refractivity contribution in [3.63, 3.8) is 0 Å². The first-order chi connectivity index (χ1) is 11.2. The van der Waals surface area contributed by atoms with Crippen LogP contribution in [0.1, 0.15) is 24.8 Å². The number of allylic oxidation sites excluding steroid dienone is 1. The Balaban J connectivity index is 1.71. The minimum absolute atomic E-state index is 0.101. The lowest BCUT2D eigenvalue weighted by Gasteiger charge is -2.28. The lowest BCUT2D eigenvalue weighted by molar-refractivity contribution is -0.120. The van der Waals surface area contributed by atoms with E-state index in [1.807, 2.05) is 36.4 Å². The second-order valence-electron chi connectivity index (χ2n) is 6.25. The highest BCUT2D eigenvalue weighted by atomic mass is 16.1. The molecule has 1 aliphatic rings. The minimum atomic E-state index is 0.101. The minimum Gasteiger partial charge on any atom is -0.374 e. The normalized spacial score (nSPS) is 19.8. The van der Waals surface area contributed by atoms with Gasteiger partial charge in [-0.1, -0.05) is 48.5 Å². The molecule has 0 N–H and O–H groups in total. The molecule has 2 nitrogen and oxygen atoms in total. The van der Waals surface area contributed by atoms with Crippen LogP contribution in [0, 0.1) is 5.92 Å². The number of benzene rings is 2. The molecule has 0 bridgehead atoms. The lowest BCUT2D eigenvalue weighted by atomic mass is 9.83. The SMILES string of the molecule is CN(CC1CCC/C(=C\c2ccccc2)C1=O)c1ccccc1. The van der Waals surface area contributed by atoms with Crippen LogP contribution in [-0.2, 0) is 4.79 Å². The van der Waals surface area contributed by atoms with Crippen molar-refractivity contribution >= 4 is 17.5 Å². The molecule has 2 heteroatoms. The molecule has 1 aliphatic carbocycles. The Morgan fingerprint density at radius 2 is 1.70 bits per heavy atom. The molecule has 0 radical (unpaired) electrons. The summed E-state index contributed by atoms with van der Waals surface area (Å²) in [5, 5.41) is 0. The fourth-order valence-corrected chi connectivity index (χ4v) is 3.24. The third-order valence-electron chi connectivity index (χ3n) is 4.52. The monoisotopic (exact) mass is 305 g/mol. The summed E-state index contributed by atoms with van der Waals surface area (Å²) in [6.07, 6.45) is 5.05. The van der Waals surface area contributed by atoms with Crippen LogP contribution in [0.4, 0.5) is 5.69 Å². The Morgan fingerprint density at radius 3 is 2.39 bits per heavy atom. The van der Waals surface area contributed by atoms with Crippen molar-refractivity contribution in [3.05, 3.63) is 71.8 Å². The topological polar surface area (TPSA) is 20.3 Å². The van der Waals surface area contributed by atoms with Crippen molar-refractivity contribution in [1.29, 1.82) is 0 Å². The second-order valence-corrected chi connectivity index (χ2v) is 6.25. The average molecular weight is 305 g/mol. The predicted octanol–water partition coefficient (Wildman–Crippen LogP) is 4.58. The zero-order valence-corrected chi connectivity index (χ0v) is 13.6. The van der Waals surface area contributed by atoms with Crippen molar-refractivity contribution in [2.45, 2.75) is 19.3 Å². The molecule has 0 aromatic heterocycles. The fourth-order valence-electron chi connectivity index (χ4n) is 3.24. The predicted molar refractivity (Wildman–Crippen MR) is 96.5 cm³/mol. The molecule has 1 fully saturated rings. The number of nitrogens with zero attached hydrogens (tertiary/aromatic N) is 1. The van der Waals surface area contributed by atoms with Gasteiger partial charge in [0.25, 0.3) is 0 Å². The van der Waals surface area contributed by atoms with Crippen molar-refractivity contribution < 1.29 is 4.79 Å². The number of Topliss-reactive ketones (excluding diaryl/α,β-unsaturated/α-hetero) is 1. The van der Waals surface area contributed by atoms with Crippen molar-refractivity contribution in [3.8, 4) is 0 Å². The van der Waals surface area contributed by atoms with Gasteiger partial charge in [0, 0.05) is 25.2 Å². The number of rotatable bonds is 4. The highest BCUT2D eigenvalue weighted by Gasteiger charge is 2.27. The van der Waals surface area contributed by atoms with Gasteiger partial charge in [-0.3, -0.25) is 4.79 Å². The molecule has 0 saturated heterocycles. The Bertz CT molecular complexity index is 676. The van der Waals surface area contributed by atoms with E-state index < -0.39 is 0 Å². The molecule has 0 spiro atoms. The van der Waals surface area contributed by atoms with Crippen molar-refractivity contribution in [2.75, 3.05) is 18.5 Å². The molecule has 3 rings (SSSR count). The number of hydrogen-bond acceptors (Lipinski definition) is 2. The highest BCUT2D eigenvalue weighted by Crippen LogP contribution is 2.28. The van der Waals surface area contributed by atoms with E-state index >= 15 is 0 Å². The van der Waals surface area contributed by atoms with Crippen LogP contribution < -0.4 is 4.90 Å². The van der Waals surface area contributed by atoms with Gasteiger partial charge in [-0.25, -0.2) is 0 Å².